The number of amides is 3. The van der Waals surface area contributed by atoms with E-state index in [4.69, 9.17) is 14.2 Å². The van der Waals surface area contributed by atoms with Crippen LogP contribution in [0.2, 0.25) is 0 Å². The molecule has 4 rings (SSSR count). The standard InChI is InChI=1S/C36H46N4O8/c1-29(41)33(42)25-37-17-19-38(34(43)46-26-30-11-5-2-6-12-30)21-23-40(36(45)48-28-32-15-9-4-10-16-32)24-22-39(20-18-37)35(44)47-27-31-13-7-3-8-14-31/h2-16,29,33,41-42H,17-28H2,1H3. The van der Waals surface area contributed by atoms with Crippen molar-refractivity contribution in [2.75, 3.05) is 58.9 Å². The average Bonchev–Trinajstić information content (AvgIpc) is 3.11. The third kappa shape index (κ3) is 12.2. The van der Waals surface area contributed by atoms with Gasteiger partial charge in [-0.3, -0.25) is 4.90 Å². The zero-order chi connectivity index (χ0) is 34.1. The van der Waals surface area contributed by atoms with Crippen LogP contribution < -0.4 is 0 Å². The number of rotatable bonds is 9. The second-order valence-electron chi connectivity index (χ2n) is 11.7. The summed E-state index contributed by atoms with van der Waals surface area (Å²) in [5.74, 6) is 0. The first-order valence-corrected chi connectivity index (χ1v) is 16.2. The van der Waals surface area contributed by atoms with Gasteiger partial charge in [-0.05, 0) is 23.6 Å². The van der Waals surface area contributed by atoms with Crippen molar-refractivity contribution in [3.05, 3.63) is 108 Å². The van der Waals surface area contributed by atoms with Crippen molar-refractivity contribution in [3.63, 3.8) is 0 Å². The molecule has 3 amide bonds. The Morgan fingerprint density at radius 2 is 0.833 bits per heavy atom. The Labute approximate surface area is 282 Å². The molecule has 0 spiro atoms. The summed E-state index contributed by atoms with van der Waals surface area (Å²) in [5, 5.41) is 20.5. The van der Waals surface area contributed by atoms with Crippen molar-refractivity contribution in [2.45, 2.75) is 39.0 Å². The summed E-state index contributed by atoms with van der Waals surface area (Å²) in [7, 11) is 0. The van der Waals surface area contributed by atoms with Gasteiger partial charge < -0.3 is 39.1 Å². The molecule has 1 fully saturated rings. The lowest BCUT2D eigenvalue weighted by molar-refractivity contribution is 0.00278. The molecule has 0 aliphatic carbocycles. The van der Waals surface area contributed by atoms with Crippen LogP contribution in [0.15, 0.2) is 91.0 Å². The van der Waals surface area contributed by atoms with Gasteiger partial charge in [0.2, 0.25) is 0 Å². The van der Waals surface area contributed by atoms with Crippen LogP contribution >= 0.6 is 0 Å². The van der Waals surface area contributed by atoms with E-state index in [1.807, 2.05) is 95.9 Å². The predicted molar refractivity (Wildman–Crippen MR) is 179 cm³/mol. The minimum Gasteiger partial charge on any atom is -0.445 e. The number of β-amino-alcohol motifs (C(OH)–C–C–N with tert-alkyl or cyclic N) is 1. The summed E-state index contributed by atoms with van der Waals surface area (Å²) in [6.07, 6.45) is -3.68. The fraction of sp³-hybridized carbons (Fsp3) is 0.417. The Morgan fingerprint density at radius 3 is 1.12 bits per heavy atom. The van der Waals surface area contributed by atoms with Gasteiger partial charge in [-0.2, -0.15) is 0 Å². The molecule has 1 aliphatic rings. The van der Waals surface area contributed by atoms with Crippen molar-refractivity contribution >= 4 is 18.3 Å². The van der Waals surface area contributed by atoms with Gasteiger partial charge in [-0.25, -0.2) is 14.4 Å². The van der Waals surface area contributed by atoms with Gasteiger partial charge in [0, 0.05) is 58.9 Å². The number of aliphatic hydroxyl groups excluding tert-OH is 2. The number of hydrogen-bond acceptors (Lipinski definition) is 9. The molecule has 2 unspecified atom stereocenters. The average molecular weight is 663 g/mol. The molecule has 48 heavy (non-hydrogen) atoms. The van der Waals surface area contributed by atoms with E-state index in [9.17, 15) is 24.6 Å². The summed E-state index contributed by atoms with van der Waals surface area (Å²) < 4.78 is 16.9. The van der Waals surface area contributed by atoms with E-state index < -0.39 is 30.5 Å². The van der Waals surface area contributed by atoms with E-state index in [1.54, 1.807) is 0 Å². The van der Waals surface area contributed by atoms with Gasteiger partial charge in [-0.1, -0.05) is 91.0 Å². The molecule has 2 atom stereocenters. The van der Waals surface area contributed by atoms with Crippen LogP contribution in [0.25, 0.3) is 0 Å². The molecule has 3 aromatic carbocycles. The minimum atomic E-state index is -1.04. The summed E-state index contributed by atoms with van der Waals surface area (Å²) in [5.41, 5.74) is 2.51. The van der Waals surface area contributed by atoms with Crippen molar-refractivity contribution in [2.24, 2.45) is 0 Å². The largest absolute Gasteiger partial charge is 0.445 e. The Balaban J connectivity index is 1.50. The summed E-state index contributed by atoms with van der Waals surface area (Å²) >= 11 is 0. The topological polar surface area (TPSA) is 132 Å². The monoisotopic (exact) mass is 662 g/mol. The highest BCUT2D eigenvalue weighted by Crippen LogP contribution is 2.11. The Bertz CT molecular complexity index is 1330. The van der Waals surface area contributed by atoms with Crippen LogP contribution in [0.5, 0.6) is 0 Å². The third-order valence-electron chi connectivity index (χ3n) is 8.04. The van der Waals surface area contributed by atoms with E-state index >= 15 is 0 Å². The first-order valence-electron chi connectivity index (χ1n) is 16.2. The second kappa shape index (κ2) is 19.2. The normalized spacial score (nSPS) is 16.2. The van der Waals surface area contributed by atoms with Crippen LogP contribution in [-0.2, 0) is 34.0 Å². The molecule has 1 heterocycles. The highest BCUT2D eigenvalue weighted by atomic mass is 16.6. The van der Waals surface area contributed by atoms with Gasteiger partial charge in [0.25, 0.3) is 0 Å². The van der Waals surface area contributed by atoms with E-state index in [-0.39, 0.29) is 65.6 Å². The van der Waals surface area contributed by atoms with Gasteiger partial charge in [-0.15, -0.1) is 0 Å². The fourth-order valence-electron chi connectivity index (χ4n) is 5.03. The Kier molecular flexibility index (Phi) is 14.5. The molecule has 1 aliphatic heterocycles. The van der Waals surface area contributed by atoms with Gasteiger partial charge >= 0.3 is 18.3 Å². The van der Waals surface area contributed by atoms with Crippen molar-refractivity contribution < 1.29 is 38.8 Å². The first kappa shape index (κ1) is 36.2. The minimum absolute atomic E-state index is 0.0718. The molecule has 12 nitrogen and oxygen atoms in total. The van der Waals surface area contributed by atoms with Crippen LogP contribution in [0.3, 0.4) is 0 Å². The molecule has 0 radical (unpaired) electrons. The van der Waals surface area contributed by atoms with E-state index in [1.165, 1.54) is 21.6 Å². The van der Waals surface area contributed by atoms with Crippen LogP contribution in [0, 0.1) is 0 Å². The molecular formula is C36H46N4O8. The second-order valence-corrected chi connectivity index (χ2v) is 11.7. The number of benzene rings is 3. The lowest BCUT2D eigenvalue weighted by Gasteiger charge is -2.34. The van der Waals surface area contributed by atoms with Crippen LogP contribution in [0.4, 0.5) is 14.4 Å². The summed E-state index contributed by atoms with van der Waals surface area (Å²) in [4.78, 5) is 46.5. The van der Waals surface area contributed by atoms with Crippen molar-refractivity contribution in [1.82, 2.24) is 19.6 Å². The van der Waals surface area contributed by atoms with Crippen molar-refractivity contribution in [1.29, 1.82) is 0 Å². The van der Waals surface area contributed by atoms with E-state index in [0.29, 0.717) is 13.1 Å². The molecule has 12 heteroatoms. The van der Waals surface area contributed by atoms with E-state index in [2.05, 4.69) is 0 Å². The third-order valence-corrected chi connectivity index (χ3v) is 8.04. The Morgan fingerprint density at radius 1 is 0.542 bits per heavy atom. The highest BCUT2D eigenvalue weighted by molar-refractivity contribution is 5.70. The number of hydrogen-bond donors (Lipinski definition) is 2. The number of ether oxygens (including phenoxy) is 3. The molecule has 2 N–H and O–H groups in total. The van der Waals surface area contributed by atoms with E-state index in [0.717, 1.165) is 16.7 Å². The molecule has 0 bridgehead atoms. The van der Waals surface area contributed by atoms with Crippen molar-refractivity contribution in [3.8, 4) is 0 Å². The number of aliphatic hydroxyl groups is 2. The summed E-state index contributed by atoms with van der Waals surface area (Å²) in [6, 6.07) is 28.0. The maximum atomic E-state index is 13.4. The predicted octanol–water partition coefficient (Wildman–Crippen LogP) is 3.96. The van der Waals surface area contributed by atoms with Gasteiger partial charge in [0.1, 0.15) is 19.8 Å². The lowest BCUT2D eigenvalue weighted by atomic mass is 10.2. The maximum Gasteiger partial charge on any atom is 0.410 e. The molecule has 3 aromatic rings. The molecule has 0 saturated carbocycles. The zero-order valence-corrected chi connectivity index (χ0v) is 27.4. The highest BCUT2D eigenvalue weighted by Gasteiger charge is 2.26. The van der Waals surface area contributed by atoms with Crippen LogP contribution in [0.1, 0.15) is 23.6 Å². The smallest absolute Gasteiger partial charge is 0.410 e. The number of carbonyl (C=O) groups is 3. The molecular weight excluding hydrogens is 616 g/mol. The Hall–Kier alpha value is -4.65. The van der Waals surface area contributed by atoms with Gasteiger partial charge in [0.15, 0.2) is 0 Å². The SMILES string of the molecule is CC(O)C(O)CN1CCN(C(=O)OCc2ccccc2)CCN(C(=O)OCc2ccccc2)CCN(C(=O)OCc2ccccc2)CC1. The molecule has 0 aromatic heterocycles. The van der Waals surface area contributed by atoms with Gasteiger partial charge in [0.05, 0.1) is 12.2 Å². The quantitative estimate of drug-likeness (QED) is 0.327. The number of nitrogens with zero attached hydrogens (tertiary/aromatic N) is 4. The first-order chi connectivity index (χ1) is 23.3. The maximum absolute atomic E-state index is 13.4. The zero-order valence-electron chi connectivity index (χ0n) is 27.4. The van der Waals surface area contributed by atoms with Crippen LogP contribution in [-0.4, -0.2) is 119 Å². The lowest BCUT2D eigenvalue weighted by Crippen LogP contribution is -2.51. The molecule has 258 valence electrons. The fourth-order valence-corrected chi connectivity index (χ4v) is 5.03. The molecule has 1 saturated heterocycles. The summed E-state index contributed by atoms with van der Waals surface area (Å²) in [6.45, 7) is 3.45. The number of carbonyl (C=O) groups excluding carboxylic acids is 3.